The van der Waals surface area contributed by atoms with Gasteiger partial charge in [0, 0.05) is 11.1 Å². The van der Waals surface area contributed by atoms with Crippen molar-refractivity contribution in [2.75, 3.05) is 6.54 Å². The molecule has 1 N–H and O–H groups in total. The van der Waals surface area contributed by atoms with E-state index in [2.05, 4.69) is 26.1 Å². The van der Waals surface area contributed by atoms with Gasteiger partial charge < -0.3 is 10.1 Å². The third kappa shape index (κ3) is 5.14. The highest BCUT2D eigenvalue weighted by atomic mass is 16.5. The minimum absolute atomic E-state index is 0.133. The third-order valence-corrected chi connectivity index (χ3v) is 7.25. The van der Waals surface area contributed by atoms with Gasteiger partial charge in [-0.1, -0.05) is 81.4 Å². The zero-order valence-corrected chi connectivity index (χ0v) is 20.5. The average molecular weight is 477 g/mol. The lowest BCUT2D eigenvalue weighted by Crippen LogP contribution is -2.50. The lowest BCUT2D eigenvalue weighted by molar-refractivity contribution is -0.151. The van der Waals surface area contributed by atoms with Crippen LogP contribution in [-0.4, -0.2) is 40.7 Å². The van der Waals surface area contributed by atoms with Crippen LogP contribution in [0.25, 0.3) is 0 Å². The molecule has 1 saturated carbocycles. The number of hydrogen-bond donors (Lipinski definition) is 1. The van der Waals surface area contributed by atoms with Crippen LogP contribution in [0.2, 0.25) is 0 Å². The zero-order chi connectivity index (χ0) is 25.2. The summed E-state index contributed by atoms with van der Waals surface area (Å²) in [5, 5.41) is 2.84. The van der Waals surface area contributed by atoms with E-state index in [-0.39, 0.29) is 11.2 Å². The Hall–Kier alpha value is -3.48. The summed E-state index contributed by atoms with van der Waals surface area (Å²) in [4.78, 5) is 53.0. The number of ketones is 1. The van der Waals surface area contributed by atoms with Gasteiger partial charge in [-0.15, -0.1) is 0 Å². The zero-order valence-electron chi connectivity index (χ0n) is 20.5. The summed E-state index contributed by atoms with van der Waals surface area (Å²) >= 11 is 0. The fraction of sp³-hybridized carbons (Fsp3) is 0.429. The fourth-order valence-corrected chi connectivity index (χ4v) is 5.09. The normalized spacial score (nSPS) is 23.2. The van der Waals surface area contributed by atoms with Gasteiger partial charge in [0.05, 0.1) is 0 Å². The molecule has 3 amide bonds. The van der Waals surface area contributed by atoms with Crippen molar-refractivity contribution in [3.8, 4) is 0 Å². The number of hydrogen-bond acceptors (Lipinski definition) is 5. The van der Waals surface area contributed by atoms with E-state index in [1.54, 1.807) is 60.7 Å². The van der Waals surface area contributed by atoms with Crippen molar-refractivity contribution in [2.45, 2.75) is 58.1 Å². The number of nitrogens with one attached hydrogen (secondary N) is 1. The minimum Gasteiger partial charge on any atom is -0.448 e. The van der Waals surface area contributed by atoms with Crippen LogP contribution < -0.4 is 5.32 Å². The van der Waals surface area contributed by atoms with Crippen LogP contribution in [0.3, 0.4) is 0 Å². The molecule has 0 aromatic heterocycles. The number of urea groups is 1. The van der Waals surface area contributed by atoms with E-state index in [9.17, 15) is 19.2 Å². The molecule has 1 atom stereocenters. The summed E-state index contributed by atoms with van der Waals surface area (Å²) in [6.07, 6.45) is 1.57. The maximum absolute atomic E-state index is 13.3. The first-order valence-electron chi connectivity index (χ1n) is 12.1. The Labute approximate surface area is 205 Å². The number of carbonyl (C=O) groups is 4. The summed E-state index contributed by atoms with van der Waals surface area (Å²) in [5.74, 6) is -1.11. The molecule has 4 rings (SSSR count). The van der Waals surface area contributed by atoms with Crippen molar-refractivity contribution in [1.29, 1.82) is 0 Å². The third-order valence-electron chi connectivity index (χ3n) is 7.25. The predicted molar refractivity (Wildman–Crippen MR) is 130 cm³/mol. The number of carbonyl (C=O) groups excluding carboxylic acids is 4. The van der Waals surface area contributed by atoms with Gasteiger partial charge in [0.2, 0.25) is 5.78 Å². The van der Waals surface area contributed by atoms with Crippen LogP contribution in [-0.2, 0) is 14.3 Å². The molecular formula is C28H32N2O5. The number of benzene rings is 2. The number of Topliss-reactive ketones (excluding diaryl/α,β-unsaturated/α-hetero) is 1. The van der Waals surface area contributed by atoms with E-state index in [1.807, 2.05) is 0 Å². The molecule has 1 aliphatic carbocycles. The van der Waals surface area contributed by atoms with Crippen molar-refractivity contribution in [3.05, 3.63) is 71.8 Å². The molecule has 0 radical (unpaired) electrons. The second-order valence-electron chi connectivity index (χ2n) is 10.6. The minimum atomic E-state index is -1.18. The van der Waals surface area contributed by atoms with Crippen molar-refractivity contribution in [2.24, 2.45) is 11.3 Å². The van der Waals surface area contributed by atoms with Gasteiger partial charge in [-0.05, 0) is 37.0 Å². The van der Waals surface area contributed by atoms with E-state index in [4.69, 9.17) is 4.74 Å². The van der Waals surface area contributed by atoms with Gasteiger partial charge in [0.15, 0.2) is 6.10 Å². The summed E-state index contributed by atoms with van der Waals surface area (Å²) < 4.78 is 5.59. The Kier molecular flexibility index (Phi) is 6.79. The number of esters is 1. The Morgan fingerprint density at radius 3 is 2.14 bits per heavy atom. The molecule has 2 aromatic rings. The Morgan fingerprint density at radius 2 is 1.57 bits per heavy atom. The van der Waals surface area contributed by atoms with Crippen molar-refractivity contribution in [3.63, 3.8) is 0 Å². The van der Waals surface area contributed by atoms with Gasteiger partial charge in [-0.25, -0.2) is 4.79 Å². The molecule has 1 unspecified atom stereocenters. The standard InChI is InChI=1S/C28H32N2O5/c1-27(2,3)21-14-16-28(17-15-21)25(33)30(26(34)29-28)18-22(31)35-24(20-12-8-5-9-13-20)23(32)19-10-6-4-7-11-19/h4-13,21,24H,14-18H2,1-3H3,(H,29,34). The molecule has 0 bridgehead atoms. The maximum atomic E-state index is 13.3. The first kappa shape index (κ1) is 24.6. The van der Waals surface area contributed by atoms with Gasteiger partial charge in [-0.2, -0.15) is 0 Å². The number of imide groups is 1. The van der Waals surface area contributed by atoms with Crippen LogP contribution in [0.15, 0.2) is 60.7 Å². The van der Waals surface area contributed by atoms with Gasteiger partial charge in [0.25, 0.3) is 5.91 Å². The molecule has 1 aliphatic heterocycles. The molecule has 35 heavy (non-hydrogen) atoms. The summed E-state index contributed by atoms with van der Waals surface area (Å²) in [6.45, 7) is 6.02. The van der Waals surface area contributed by atoms with Crippen LogP contribution in [0.1, 0.15) is 68.5 Å². The molecule has 2 fully saturated rings. The Bertz CT molecular complexity index is 1100. The SMILES string of the molecule is CC(C)(C)C1CCC2(CC1)NC(=O)N(CC(=O)OC(C(=O)c1ccccc1)c1ccccc1)C2=O. The van der Waals surface area contributed by atoms with Crippen LogP contribution in [0.5, 0.6) is 0 Å². The smallest absolute Gasteiger partial charge is 0.327 e. The van der Waals surface area contributed by atoms with Gasteiger partial charge >= 0.3 is 12.0 Å². The molecule has 1 saturated heterocycles. The lowest BCUT2D eigenvalue weighted by atomic mass is 9.67. The molecule has 1 heterocycles. The molecule has 184 valence electrons. The molecular weight excluding hydrogens is 444 g/mol. The number of ether oxygens (including phenoxy) is 1. The average Bonchev–Trinajstić information content (AvgIpc) is 3.06. The lowest BCUT2D eigenvalue weighted by Gasteiger charge is -2.40. The molecule has 7 nitrogen and oxygen atoms in total. The molecule has 7 heteroatoms. The monoisotopic (exact) mass is 476 g/mol. The van der Waals surface area contributed by atoms with Crippen molar-refractivity contribution in [1.82, 2.24) is 10.2 Å². The predicted octanol–water partition coefficient (Wildman–Crippen LogP) is 4.68. The highest BCUT2D eigenvalue weighted by molar-refractivity contribution is 6.09. The van der Waals surface area contributed by atoms with Crippen LogP contribution >= 0.6 is 0 Å². The van der Waals surface area contributed by atoms with Crippen LogP contribution in [0.4, 0.5) is 4.79 Å². The van der Waals surface area contributed by atoms with Crippen molar-refractivity contribution >= 4 is 23.7 Å². The van der Waals surface area contributed by atoms with Crippen molar-refractivity contribution < 1.29 is 23.9 Å². The number of nitrogens with zero attached hydrogens (tertiary/aromatic N) is 1. The number of amides is 3. The van der Waals surface area contributed by atoms with E-state index in [0.29, 0.717) is 29.9 Å². The van der Waals surface area contributed by atoms with E-state index in [1.165, 1.54) is 0 Å². The highest BCUT2D eigenvalue weighted by Crippen LogP contribution is 2.43. The second kappa shape index (κ2) is 9.64. The highest BCUT2D eigenvalue weighted by Gasteiger charge is 2.53. The largest absolute Gasteiger partial charge is 0.448 e. The topological polar surface area (TPSA) is 92.8 Å². The first-order chi connectivity index (χ1) is 16.6. The fourth-order valence-electron chi connectivity index (χ4n) is 5.09. The Balaban J connectivity index is 1.47. The summed E-state index contributed by atoms with van der Waals surface area (Å²) in [5.41, 5.74) is 0.0920. The summed E-state index contributed by atoms with van der Waals surface area (Å²) in [6, 6.07) is 16.7. The molecule has 2 aliphatic rings. The quantitative estimate of drug-likeness (QED) is 0.371. The summed E-state index contributed by atoms with van der Waals surface area (Å²) in [7, 11) is 0. The Morgan fingerprint density at radius 1 is 1.00 bits per heavy atom. The van der Waals surface area contributed by atoms with Gasteiger partial charge in [-0.3, -0.25) is 19.3 Å². The second-order valence-corrected chi connectivity index (χ2v) is 10.6. The van der Waals surface area contributed by atoms with E-state index >= 15 is 0 Å². The molecule has 1 spiro atoms. The molecule has 2 aromatic carbocycles. The maximum Gasteiger partial charge on any atom is 0.327 e. The van der Waals surface area contributed by atoms with Crippen LogP contribution in [0, 0.1) is 11.3 Å². The van der Waals surface area contributed by atoms with E-state index < -0.39 is 36.1 Å². The first-order valence-corrected chi connectivity index (χ1v) is 12.1. The number of rotatable bonds is 6. The van der Waals surface area contributed by atoms with Gasteiger partial charge in [0.1, 0.15) is 12.1 Å². The van der Waals surface area contributed by atoms with E-state index in [0.717, 1.165) is 17.7 Å².